The number of H-pyrrole nitrogens is 2. The molecule has 8 aromatic rings. The first-order valence-corrected chi connectivity index (χ1v) is 49.4. The standard InChI is InChI=1S/C52H63F3N10O6.C31H38F3N7O2.C21H27N3O5/c1-61-21-27-64(28-22-61)44-15-14-37(30-43(44)59-49(69)39-32-58-48(68)31-41(39)52(53,54)55)36-10-7-9-35(29-36)33-63-25-23-62(24-26-63)20-19-57-46(66)13-5-3-2-4-6-18-56-42-12-8-11-38-40(42)34-65(51(38)71)45-16-17-47(67)60-50(45)70;1-38-9-15-41(16-10-38)28-6-5-24(18-27(28)37-30(43)25-20-36-29(42)19-26(25)31(32,33)34)23-4-2-3-22(17-23)21-40-13-11-39(8-7-35)12-14-40;25-18-11-10-17(20(28)23-18)24-13-15-14(21(24)29)7-6-8-16(15)22-12-5-3-1-2-4-9-19(26)27/h7-12,14-15,29-32,45,56H,2-6,13,16-28,33-34H2,1H3,(H,57,66)(H,58,68)(H,59,69)(H,60,67,70);2-6,17-20H,7-16,21,35H2,1H3,(H,36,42)(H,37,43);6-8,17,22H,1-5,9-13H2,(H,26,27)(H,23,25,28). The van der Waals surface area contributed by atoms with E-state index in [0.717, 1.165) is 250 Å². The highest BCUT2D eigenvalue weighted by Gasteiger charge is 2.44. The number of carbonyl (C=O) groups excluding carboxylic acids is 9. The smallest absolute Gasteiger partial charge is 0.417 e. The Morgan fingerprint density at radius 1 is 0.427 bits per heavy atom. The normalized spacial score (nSPS) is 17.9. The van der Waals surface area contributed by atoms with Crippen LogP contribution in [0.4, 0.5) is 60.5 Å². The van der Waals surface area contributed by atoms with Crippen LogP contribution in [0.15, 0.2) is 155 Å². The van der Waals surface area contributed by atoms with Crippen molar-refractivity contribution in [3.63, 3.8) is 0 Å². The van der Waals surface area contributed by atoms with Crippen molar-refractivity contribution >= 4 is 93.3 Å². The lowest BCUT2D eigenvalue weighted by atomic mass is 10.0. The summed E-state index contributed by atoms with van der Waals surface area (Å²) in [6, 6.07) is 38.4. The largest absolute Gasteiger partial charge is 0.481 e. The van der Waals surface area contributed by atoms with Gasteiger partial charge in [0.2, 0.25) is 40.7 Å². The van der Waals surface area contributed by atoms with E-state index in [-0.39, 0.29) is 48.8 Å². The predicted molar refractivity (Wildman–Crippen MR) is 534 cm³/mol. The highest BCUT2D eigenvalue weighted by Crippen LogP contribution is 2.41. The SMILES string of the molecule is CN1CCN(c2ccc(-c3cccc(CN4CCN(CCN)CC4)c3)cc2NC(=O)c2c[nH]c(=O)cc2C(F)(F)F)CC1.CN1CCN(c2ccc(-c3cccc(CN4CCN(CCNC(=O)CCCCCCCNc5cccc6c5CN(C5CCC(=O)NC5=O)C6=O)CC4)c3)cc2NC(=O)c2c[nH]c(=O)cc2C(F)(F)F)CC1.O=C(O)CCCCCCCNc1cccc2c1CN(C1CCC(=O)NC1=O)C2=O. The summed E-state index contributed by atoms with van der Waals surface area (Å²) in [6.07, 6.45) is 3.12. The number of aliphatic carboxylic acids is 1. The van der Waals surface area contributed by atoms with Gasteiger partial charge >= 0.3 is 18.3 Å². The molecule has 6 fully saturated rings. The quantitative estimate of drug-likeness (QED) is 0.00978. The number of unbranched alkanes of at least 4 members (excludes halogenated alkanes) is 8. The molecule has 8 aliphatic rings. The van der Waals surface area contributed by atoms with Crippen LogP contribution in [-0.4, -0.2) is 284 Å². The topological polar surface area (TPSA) is 399 Å². The Morgan fingerprint density at radius 2 is 0.818 bits per heavy atom. The predicted octanol–water partition coefficient (Wildman–Crippen LogP) is 10.9. The van der Waals surface area contributed by atoms with Gasteiger partial charge in [0.1, 0.15) is 12.1 Å². The summed E-state index contributed by atoms with van der Waals surface area (Å²) in [4.78, 5) is 173. The van der Waals surface area contributed by atoms with E-state index >= 15 is 0 Å². The number of aromatic amines is 2. The van der Waals surface area contributed by atoms with Gasteiger partial charge in [-0.2, -0.15) is 26.3 Å². The fourth-order valence-corrected chi connectivity index (χ4v) is 19.4. The minimum Gasteiger partial charge on any atom is -0.481 e. The van der Waals surface area contributed by atoms with Gasteiger partial charge in [0.05, 0.1) is 45.0 Å². The van der Waals surface area contributed by atoms with E-state index in [4.69, 9.17) is 10.8 Å². The van der Waals surface area contributed by atoms with Gasteiger partial charge in [-0.25, -0.2) is 0 Å². The first-order valence-electron chi connectivity index (χ1n) is 49.4. The summed E-state index contributed by atoms with van der Waals surface area (Å²) in [5.41, 5.74) is 12.7. The van der Waals surface area contributed by atoms with Gasteiger partial charge in [0, 0.05) is 254 Å². The number of amides is 9. The summed E-state index contributed by atoms with van der Waals surface area (Å²) in [5.74, 6) is -4.37. The van der Waals surface area contributed by atoms with Crippen molar-refractivity contribution in [1.82, 2.24) is 65.1 Å². The number of piperidine rings is 2. The monoisotopic (exact) mass is 1980 g/mol. The van der Waals surface area contributed by atoms with Crippen LogP contribution in [0.5, 0.6) is 0 Å². The zero-order chi connectivity index (χ0) is 101. The van der Waals surface area contributed by atoms with E-state index in [0.29, 0.717) is 118 Å². The summed E-state index contributed by atoms with van der Waals surface area (Å²) in [7, 11) is 4.06. The Balaban J connectivity index is 0.000000190. The number of anilines is 6. The molecule has 0 bridgehead atoms. The number of benzene rings is 6. The number of alkyl halides is 6. The molecule has 39 heteroatoms. The van der Waals surface area contributed by atoms with E-state index in [1.807, 2.05) is 93.0 Å². The molecule has 143 heavy (non-hydrogen) atoms. The molecule has 0 aliphatic carbocycles. The Labute approximate surface area is 826 Å². The van der Waals surface area contributed by atoms with Crippen LogP contribution < -0.4 is 63.9 Å². The molecule has 0 spiro atoms. The van der Waals surface area contributed by atoms with Gasteiger partial charge in [-0.1, -0.05) is 99.2 Å². The van der Waals surface area contributed by atoms with Crippen LogP contribution in [0.2, 0.25) is 0 Å². The van der Waals surface area contributed by atoms with E-state index in [1.165, 1.54) is 0 Å². The number of imide groups is 2. The van der Waals surface area contributed by atoms with Crippen molar-refractivity contribution in [2.24, 2.45) is 5.73 Å². The van der Waals surface area contributed by atoms with Crippen molar-refractivity contribution in [1.29, 1.82) is 0 Å². The number of halogens is 6. The second-order valence-electron chi connectivity index (χ2n) is 37.7. The van der Waals surface area contributed by atoms with Crippen LogP contribution in [0.1, 0.15) is 178 Å². The van der Waals surface area contributed by atoms with Crippen molar-refractivity contribution < 1.29 is 79.4 Å². The zero-order valence-corrected chi connectivity index (χ0v) is 80.9. The van der Waals surface area contributed by atoms with Crippen LogP contribution >= 0.6 is 0 Å². The average Bonchev–Trinajstić information content (AvgIpc) is 1.65. The Hall–Kier alpha value is -13.2. The summed E-state index contributed by atoms with van der Waals surface area (Å²) in [5, 5.41) is 28.7. The Kier molecular flexibility index (Phi) is 36.7. The van der Waals surface area contributed by atoms with Crippen molar-refractivity contribution in [2.45, 2.75) is 153 Å². The maximum atomic E-state index is 13.9. The van der Waals surface area contributed by atoms with Gasteiger partial charge < -0.3 is 76.8 Å². The minimum absolute atomic E-state index is 0.0665. The molecule has 8 aliphatic heterocycles. The van der Waals surface area contributed by atoms with E-state index < -0.39 is 87.4 Å². The lowest BCUT2D eigenvalue weighted by Crippen LogP contribution is -2.52. The average molecular weight is 1980 g/mol. The minimum atomic E-state index is -4.90. The molecule has 16 rings (SSSR count). The summed E-state index contributed by atoms with van der Waals surface area (Å²) in [6.45, 7) is 20.0. The number of nitrogens with one attached hydrogen (secondary N) is 9. The number of likely N-dealkylation sites (N-methyl/N-ethyl adjacent to an activating group) is 2. The van der Waals surface area contributed by atoms with Crippen LogP contribution in [0, 0.1) is 0 Å². The van der Waals surface area contributed by atoms with E-state index in [9.17, 15) is 83.9 Å². The molecule has 2 aromatic heterocycles. The van der Waals surface area contributed by atoms with Gasteiger partial charge in [0.15, 0.2) is 0 Å². The van der Waals surface area contributed by atoms with Crippen molar-refractivity contribution in [2.75, 3.05) is 189 Å². The molecule has 2 unspecified atom stereocenters. The van der Waals surface area contributed by atoms with Crippen molar-refractivity contribution in [3.8, 4) is 22.3 Å². The number of nitrogens with zero attached hydrogens (tertiary/aromatic N) is 10. The third kappa shape index (κ3) is 28.9. The first-order chi connectivity index (χ1) is 68.8. The number of piperazine rings is 4. The third-order valence-corrected chi connectivity index (χ3v) is 27.5. The van der Waals surface area contributed by atoms with Crippen LogP contribution in [0.25, 0.3) is 22.3 Å². The molecule has 9 amide bonds. The number of fused-ring (bicyclic) bond motifs is 2. The number of aromatic nitrogens is 2. The zero-order valence-electron chi connectivity index (χ0n) is 80.9. The van der Waals surface area contributed by atoms with Gasteiger partial charge in [0.25, 0.3) is 23.6 Å². The molecule has 0 radical (unpaired) electrons. The number of carbonyl (C=O) groups is 10. The van der Waals surface area contributed by atoms with Crippen LogP contribution in [-0.2, 0) is 67.3 Å². The number of hydrogen-bond donors (Lipinski definition) is 11. The van der Waals surface area contributed by atoms with Crippen molar-refractivity contribution in [3.05, 3.63) is 222 Å². The lowest BCUT2D eigenvalue weighted by molar-refractivity contribution is -0.138. The molecule has 0 saturated carbocycles. The van der Waals surface area contributed by atoms with Gasteiger partial charge in [-0.05, 0) is 147 Å². The second kappa shape index (κ2) is 49.7. The Morgan fingerprint density at radius 3 is 1.23 bits per heavy atom. The molecular formula is C104H128F6N20O13. The number of rotatable bonds is 37. The fraction of sp³-hybridized carbons (Fsp3) is 0.462. The molecule has 2 atom stereocenters. The fourth-order valence-electron chi connectivity index (χ4n) is 19.4. The number of nitrogens with two attached hydrogens (primary N) is 1. The van der Waals surface area contributed by atoms with Gasteiger partial charge in [-0.15, -0.1) is 0 Å². The molecular weight excluding hydrogens is 1850 g/mol. The second-order valence-corrected chi connectivity index (χ2v) is 37.7. The highest BCUT2D eigenvalue weighted by atomic mass is 19.4. The van der Waals surface area contributed by atoms with E-state index in [1.54, 1.807) is 28.0 Å². The van der Waals surface area contributed by atoms with E-state index in [2.05, 4.69) is 111 Å². The lowest BCUT2D eigenvalue weighted by Gasteiger charge is -2.35. The number of carboxylic acids is 1. The third-order valence-electron chi connectivity index (χ3n) is 27.5. The number of carboxylic acid groups (broad SMARTS) is 1. The number of hydrogen-bond acceptors (Lipinski definition) is 23. The summed E-state index contributed by atoms with van der Waals surface area (Å²) < 4.78 is 82.9. The number of pyridine rings is 2. The highest BCUT2D eigenvalue weighted by molar-refractivity contribution is 6.10. The molecule has 6 aromatic carbocycles. The Bertz CT molecular complexity index is 5990. The van der Waals surface area contributed by atoms with Crippen LogP contribution in [0.3, 0.4) is 0 Å². The first kappa shape index (κ1) is 106. The molecule has 764 valence electrons. The molecule has 33 nitrogen and oxygen atoms in total. The molecule has 10 heterocycles. The summed E-state index contributed by atoms with van der Waals surface area (Å²) >= 11 is 0. The molecule has 6 saturated heterocycles. The maximum absolute atomic E-state index is 13.9. The maximum Gasteiger partial charge on any atom is 0.417 e. The molecule has 12 N–H and O–H groups in total. The van der Waals surface area contributed by atoms with Gasteiger partial charge in [-0.3, -0.25) is 87.8 Å².